The van der Waals surface area contributed by atoms with Gasteiger partial charge in [0.1, 0.15) is 0 Å². The number of amides is 1. The third kappa shape index (κ3) is 3.35. The minimum atomic E-state index is -0.426. The van der Waals surface area contributed by atoms with Crippen molar-refractivity contribution < 1.29 is 13.9 Å². The highest BCUT2D eigenvalue weighted by Crippen LogP contribution is 2.33. The van der Waals surface area contributed by atoms with Gasteiger partial charge in [-0.2, -0.15) is 0 Å². The number of anilines is 1. The van der Waals surface area contributed by atoms with Crippen LogP contribution in [0.2, 0.25) is 0 Å². The normalized spacial score (nSPS) is 27.4. The molecule has 2 bridgehead atoms. The molecule has 5 heteroatoms. The fraction of sp³-hybridized carbons (Fsp3) is 0.562. The van der Waals surface area contributed by atoms with Crippen LogP contribution < -0.4 is 15.4 Å². The second-order valence-corrected chi connectivity index (χ2v) is 6.08. The summed E-state index contributed by atoms with van der Waals surface area (Å²) in [4.78, 5) is 12.1. The summed E-state index contributed by atoms with van der Waals surface area (Å²) in [5, 5.41) is 6.41. The predicted molar refractivity (Wildman–Crippen MR) is 78.9 cm³/mol. The van der Waals surface area contributed by atoms with Gasteiger partial charge in [0.2, 0.25) is 5.91 Å². The summed E-state index contributed by atoms with van der Waals surface area (Å²) in [6.07, 6.45) is 5.16. The van der Waals surface area contributed by atoms with Crippen LogP contribution >= 0.6 is 0 Å². The SMILES string of the molecule is COc1cc(NC(=O)CC2CC3CCC(C2)N3)ccc1F. The molecule has 2 saturated heterocycles. The van der Waals surface area contributed by atoms with Gasteiger partial charge in [-0.1, -0.05) is 0 Å². The van der Waals surface area contributed by atoms with Gasteiger partial charge >= 0.3 is 0 Å². The molecule has 1 amide bonds. The van der Waals surface area contributed by atoms with Crippen molar-refractivity contribution in [3.63, 3.8) is 0 Å². The molecule has 114 valence electrons. The van der Waals surface area contributed by atoms with Crippen LogP contribution in [0.15, 0.2) is 18.2 Å². The maximum Gasteiger partial charge on any atom is 0.224 e. The lowest BCUT2D eigenvalue weighted by Crippen LogP contribution is -2.39. The fourth-order valence-corrected chi connectivity index (χ4v) is 3.55. The van der Waals surface area contributed by atoms with Crippen molar-refractivity contribution in [3.8, 4) is 5.75 Å². The van der Waals surface area contributed by atoms with Crippen LogP contribution in [0, 0.1) is 11.7 Å². The quantitative estimate of drug-likeness (QED) is 0.897. The molecule has 1 aromatic carbocycles. The standard InChI is InChI=1S/C16H21FN2O2/c1-21-15-9-13(4-5-14(15)17)19-16(20)8-10-6-11-2-3-12(7-10)18-11/h4-5,9-12,18H,2-3,6-8H2,1H3,(H,19,20). The lowest BCUT2D eigenvalue weighted by molar-refractivity contribution is -0.117. The number of fused-ring (bicyclic) bond motifs is 2. The van der Waals surface area contributed by atoms with E-state index in [1.54, 1.807) is 6.07 Å². The number of piperidine rings is 1. The molecule has 3 rings (SSSR count). The van der Waals surface area contributed by atoms with Crippen molar-refractivity contribution >= 4 is 11.6 Å². The molecule has 2 fully saturated rings. The van der Waals surface area contributed by atoms with E-state index >= 15 is 0 Å². The maximum absolute atomic E-state index is 13.3. The molecule has 2 unspecified atom stereocenters. The highest BCUT2D eigenvalue weighted by molar-refractivity contribution is 5.91. The van der Waals surface area contributed by atoms with E-state index in [0.29, 0.717) is 30.1 Å². The van der Waals surface area contributed by atoms with E-state index in [1.165, 1.54) is 32.1 Å². The van der Waals surface area contributed by atoms with Gasteiger partial charge in [-0.15, -0.1) is 0 Å². The number of carbonyl (C=O) groups is 1. The zero-order valence-corrected chi connectivity index (χ0v) is 12.2. The van der Waals surface area contributed by atoms with E-state index in [-0.39, 0.29) is 11.7 Å². The summed E-state index contributed by atoms with van der Waals surface area (Å²) in [5.41, 5.74) is 0.579. The molecule has 2 aliphatic heterocycles. The van der Waals surface area contributed by atoms with Crippen LogP contribution in [0.1, 0.15) is 32.1 Å². The first-order chi connectivity index (χ1) is 10.1. The highest BCUT2D eigenvalue weighted by atomic mass is 19.1. The first-order valence-electron chi connectivity index (χ1n) is 7.53. The Balaban J connectivity index is 1.56. The number of ether oxygens (including phenoxy) is 1. The van der Waals surface area contributed by atoms with E-state index in [0.717, 1.165) is 12.8 Å². The average molecular weight is 292 g/mol. The van der Waals surface area contributed by atoms with Gasteiger partial charge in [-0.05, 0) is 43.7 Å². The smallest absolute Gasteiger partial charge is 0.224 e. The molecule has 0 saturated carbocycles. The molecular formula is C16H21FN2O2. The van der Waals surface area contributed by atoms with E-state index in [9.17, 15) is 9.18 Å². The van der Waals surface area contributed by atoms with Crippen LogP contribution in [0.5, 0.6) is 5.75 Å². The van der Waals surface area contributed by atoms with Gasteiger partial charge in [0.05, 0.1) is 7.11 Å². The Labute approximate surface area is 124 Å². The Bertz CT molecular complexity index is 523. The van der Waals surface area contributed by atoms with E-state index in [2.05, 4.69) is 10.6 Å². The first-order valence-corrected chi connectivity index (χ1v) is 7.53. The number of benzene rings is 1. The Morgan fingerprint density at radius 1 is 1.38 bits per heavy atom. The molecule has 0 aliphatic carbocycles. The zero-order chi connectivity index (χ0) is 14.8. The van der Waals surface area contributed by atoms with Crippen molar-refractivity contribution in [2.75, 3.05) is 12.4 Å². The summed E-state index contributed by atoms with van der Waals surface area (Å²) in [7, 11) is 1.41. The third-order valence-corrected chi connectivity index (χ3v) is 4.48. The summed E-state index contributed by atoms with van der Waals surface area (Å²) < 4.78 is 18.2. The molecule has 0 radical (unpaired) electrons. The molecule has 2 atom stereocenters. The molecule has 0 spiro atoms. The third-order valence-electron chi connectivity index (χ3n) is 4.48. The van der Waals surface area contributed by atoms with Gasteiger partial charge in [0.25, 0.3) is 0 Å². The first kappa shape index (κ1) is 14.3. The molecule has 2 heterocycles. The Kier molecular flexibility index (Phi) is 4.10. The van der Waals surface area contributed by atoms with Crippen LogP contribution in [0.4, 0.5) is 10.1 Å². The number of nitrogens with one attached hydrogen (secondary N) is 2. The Morgan fingerprint density at radius 3 is 2.76 bits per heavy atom. The molecule has 1 aromatic rings. The second-order valence-electron chi connectivity index (χ2n) is 6.08. The van der Waals surface area contributed by atoms with Crippen LogP contribution in [-0.4, -0.2) is 25.1 Å². The summed E-state index contributed by atoms with van der Waals surface area (Å²) >= 11 is 0. The number of hydrogen-bond donors (Lipinski definition) is 2. The number of methoxy groups -OCH3 is 1. The van der Waals surface area contributed by atoms with Crippen LogP contribution in [0.3, 0.4) is 0 Å². The van der Waals surface area contributed by atoms with Gasteiger partial charge in [-0.3, -0.25) is 4.79 Å². The Morgan fingerprint density at radius 2 is 2.10 bits per heavy atom. The monoisotopic (exact) mass is 292 g/mol. The summed E-state index contributed by atoms with van der Waals surface area (Å²) in [6, 6.07) is 5.56. The maximum atomic E-state index is 13.3. The number of hydrogen-bond acceptors (Lipinski definition) is 3. The minimum absolute atomic E-state index is 0.00467. The van der Waals surface area contributed by atoms with Gasteiger partial charge in [-0.25, -0.2) is 4.39 Å². The summed E-state index contributed by atoms with van der Waals surface area (Å²) in [6.45, 7) is 0. The van der Waals surface area contributed by atoms with E-state index in [1.807, 2.05) is 0 Å². The molecule has 0 aromatic heterocycles. The van der Waals surface area contributed by atoms with Crippen molar-refractivity contribution in [2.45, 2.75) is 44.2 Å². The van der Waals surface area contributed by atoms with Crippen LogP contribution in [0.25, 0.3) is 0 Å². The van der Waals surface area contributed by atoms with Gasteiger partial charge in [0.15, 0.2) is 11.6 Å². The Hall–Kier alpha value is -1.62. The second kappa shape index (κ2) is 6.02. The largest absolute Gasteiger partial charge is 0.494 e. The van der Waals surface area contributed by atoms with Crippen molar-refractivity contribution in [2.24, 2.45) is 5.92 Å². The van der Waals surface area contributed by atoms with Crippen molar-refractivity contribution in [1.29, 1.82) is 0 Å². The van der Waals surface area contributed by atoms with Gasteiger partial charge < -0.3 is 15.4 Å². The lowest BCUT2D eigenvalue weighted by Gasteiger charge is -2.28. The zero-order valence-electron chi connectivity index (χ0n) is 12.2. The molecule has 2 aliphatic rings. The topological polar surface area (TPSA) is 50.4 Å². The predicted octanol–water partition coefficient (Wildman–Crippen LogP) is 2.69. The molecular weight excluding hydrogens is 271 g/mol. The van der Waals surface area contributed by atoms with Gasteiger partial charge in [0, 0.05) is 30.3 Å². The molecule has 2 N–H and O–H groups in total. The minimum Gasteiger partial charge on any atom is -0.494 e. The lowest BCUT2D eigenvalue weighted by atomic mass is 9.89. The van der Waals surface area contributed by atoms with Crippen LogP contribution in [-0.2, 0) is 4.79 Å². The molecule has 4 nitrogen and oxygen atoms in total. The molecule has 21 heavy (non-hydrogen) atoms. The highest BCUT2D eigenvalue weighted by Gasteiger charge is 2.34. The number of halogens is 1. The van der Waals surface area contributed by atoms with E-state index in [4.69, 9.17) is 4.74 Å². The average Bonchev–Trinajstić information content (AvgIpc) is 2.80. The summed E-state index contributed by atoms with van der Waals surface area (Å²) in [5.74, 6) is 0.166. The van der Waals surface area contributed by atoms with E-state index < -0.39 is 5.82 Å². The van der Waals surface area contributed by atoms with Crippen molar-refractivity contribution in [3.05, 3.63) is 24.0 Å². The number of carbonyl (C=O) groups excluding carboxylic acids is 1. The van der Waals surface area contributed by atoms with Crippen molar-refractivity contribution in [1.82, 2.24) is 5.32 Å². The fourth-order valence-electron chi connectivity index (χ4n) is 3.55. The number of rotatable bonds is 4.